The van der Waals surface area contributed by atoms with Gasteiger partial charge in [-0.15, -0.1) is 0 Å². The zero-order valence-electron chi connectivity index (χ0n) is 26.1. The molecule has 10 nitrogen and oxygen atoms in total. The quantitative estimate of drug-likeness (QED) is 0.230. The summed E-state index contributed by atoms with van der Waals surface area (Å²) in [5.41, 5.74) is 1.97. The highest BCUT2D eigenvalue weighted by atomic mass is 19.1. The van der Waals surface area contributed by atoms with Crippen molar-refractivity contribution >= 4 is 22.3 Å². The minimum Gasteiger partial charge on any atom is -0.392 e. The molecule has 5 aromatic rings. The average molecular weight is 620 g/mol. The van der Waals surface area contributed by atoms with Crippen molar-refractivity contribution in [1.29, 1.82) is 5.26 Å². The number of rotatable bonds is 7. The molecule has 1 aliphatic rings. The lowest BCUT2D eigenvalue weighted by Crippen LogP contribution is -2.22. The number of hydrogen-bond acceptors (Lipinski definition) is 8. The Morgan fingerprint density at radius 1 is 1.20 bits per heavy atom. The first-order chi connectivity index (χ1) is 22.0. The molecule has 4 heterocycles. The lowest BCUT2D eigenvalue weighted by atomic mass is 9.85. The minimum absolute atomic E-state index is 0.127. The van der Waals surface area contributed by atoms with E-state index in [1.54, 1.807) is 51.1 Å². The van der Waals surface area contributed by atoms with Crippen molar-refractivity contribution in [3.8, 4) is 23.0 Å². The second-order valence-corrected chi connectivity index (χ2v) is 12.4. The fourth-order valence-electron chi connectivity index (χ4n) is 6.14. The van der Waals surface area contributed by atoms with Gasteiger partial charge in [0.25, 0.3) is 11.1 Å². The van der Waals surface area contributed by atoms with Crippen LogP contribution in [0.3, 0.4) is 0 Å². The largest absolute Gasteiger partial charge is 0.392 e. The summed E-state index contributed by atoms with van der Waals surface area (Å²) in [4.78, 5) is 33.5. The van der Waals surface area contributed by atoms with E-state index in [2.05, 4.69) is 38.5 Å². The van der Waals surface area contributed by atoms with Crippen molar-refractivity contribution in [2.75, 3.05) is 25.5 Å². The number of aromatic nitrogens is 4. The Morgan fingerprint density at radius 3 is 2.67 bits per heavy atom. The molecule has 0 aliphatic carbocycles. The van der Waals surface area contributed by atoms with E-state index in [4.69, 9.17) is 0 Å². The van der Waals surface area contributed by atoms with Crippen molar-refractivity contribution in [2.45, 2.75) is 45.1 Å². The molecule has 0 spiro atoms. The van der Waals surface area contributed by atoms with Crippen LogP contribution in [0.1, 0.15) is 48.4 Å². The second kappa shape index (κ2) is 12.0. The number of halogens is 1. The molecule has 3 N–H and O–H groups in total. The van der Waals surface area contributed by atoms with Crippen LogP contribution in [-0.2, 0) is 12.0 Å². The van der Waals surface area contributed by atoms with Crippen molar-refractivity contribution in [3.63, 3.8) is 0 Å². The number of benzene rings is 2. The predicted molar refractivity (Wildman–Crippen MR) is 175 cm³/mol. The van der Waals surface area contributed by atoms with E-state index in [9.17, 15) is 20.0 Å². The highest BCUT2D eigenvalue weighted by Gasteiger charge is 2.24. The third kappa shape index (κ3) is 5.46. The smallest absolute Gasteiger partial charge is 0.288 e. The van der Waals surface area contributed by atoms with Gasteiger partial charge in [0.05, 0.1) is 34.9 Å². The van der Waals surface area contributed by atoms with Gasteiger partial charge in [0.2, 0.25) is 0 Å². The average Bonchev–Trinajstić information content (AvgIpc) is 3.49. The molecule has 1 fully saturated rings. The number of pyridine rings is 2. The molecule has 2 aromatic carbocycles. The van der Waals surface area contributed by atoms with Crippen LogP contribution in [0.4, 0.5) is 15.9 Å². The Labute approximate surface area is 264 Å². The molecule has 0 amide bonds. The summed E-state index contributed by atoms with van der Waals surface area (Å²) in [6.45, 7) is 6.68. The highest BCUT2D eigenvalue weighted by molar-refractivity contribution is 5.84. The molecule has 0 bridgehead atoms. The molecule has 11 heteroatoms. The third-order valence-corrected chi connectivity index (χ3v) is 8.91. The molecule has 0 unspecified atom stereocenters. The van der Waals surface area contributed by atoms with Crippen molar-refractivity contribution in [3.05, 3.63) is 110 Å². The van der Waals surface area contributed by atoms with E-state index < -0.39 is 29.0 Å². The second-order valence-electron chi connectivity index (χ2n) is 12.4. The Morgan fingerprint density at radius 2 is 2.00 bits per heavy atom. The molecule has 0 radical (unpaired) electrons. The summed E-state index contributed by atoms with van der Waals surface area (Å²) in [6, 6.07) is 15.6. The molecule has 6 rings (SSSR count). The number of nitriles is 1. The summed E-state index contributed by atoms with van der Waals surface area (Å²) in [7, 11) is 2.10. The van der Waals surface area contributed by atoms with Crippen LogP contribution < -0.4 is 16.4 Å². The van der Waals surface area contributed by atoms with Gasteiger partial charge >= 0.3 is 0 Å². The van der Waals surface area contributed by atoms with Crippen molar-refractivity contribution in [2.24, 2.45) is 0 Å². The maximum atomic E-state index is 15.4. The first-order valence-corrected chi connectivity index (χ1v) is 15.0. The maximum Gasteiger partial charge on any atom is 0.288 e. The van der Waals surface area contributed by atoms with Gasteiger partial charge in [0.1, 0.15) is 17.3 Å². The molecule has 3 aromatic heterocycles. The summed E-state index contributed by atoms with van der Waals surface area (Å²) in [5, 5.41) is 30.3. The van der Waals surface area contributed by atoms with Crippen molar-refractivity contribution < 1.29 is 9.50 Å². The zero-order chi connectivity index (χ0) is 32.7. The summed E-state index contributed by atoms with van der Waals surface area (Å²) < 4.78 is 16.7. The van der Waals surface area contributed by atoms with Gasteiger partial charge in [-0.2, -0.15) is 10.4 Å². The van der Waals surface area contributed by atoms with Crippen LogP contribution in [0.15, 0.2) is 70.5 Å². The molecule has 46 heavy (non-hydrogen) atoms. The van der Waals surface area contributed by atoms with E-state index in [1.807, 2.05) is 18.3 Å². The Kier molecular flexibility index (Phi) is 8.02. The van der Waals surface area contributed by atoms with Crippen molar-refractivity contribution in [1.82, 2.24) is 24.6 Å². The maximum absolute atomic E-state index is 15.4. The minimum atomic E-state index is -0.941. The normalized spacial score (nSPS) is 15.3. The van der Waals surface area contributed by atoms with E-state index in [0.29, 0.717) is 50.8 Å². The Balaban J connectivity index is 1.39. The van der Waals surface area contributed by atoms with Gasteiger partial charge in [-0.25, -0.2) is 14.5 Å². The topological polar surface area (TPSA) is 140 Å². The van der Waals surface area contributed by atoms with Gasteiger partial charge in [0, 0.05) is 35.6 Å². The van der Waals surface area contributed by atoms with Crippen LogP contribution in [0.5, 0.6) is 0 Å². The monoisotopic (exact) mass is 619 g/mol. The number of fused-ring (bicyclic) bond motifs is 1. The summed E-state index contributed by atoms with van der Waals surface area (Å²) in [5.74, 6) is 0.194. The van der Waals surface area contributed by atoms with Crippen LogP contribution in [0, 0.1) is 24.1 Å². The number of aromatic amines is 1. The lowest BCUT2D eigenvalue weighted by Gasteiger charge is -2.19. The predicted octanol–water partition coefficient (Wildman–Crippen LogP) is 5.04. The number of likely N-dealkylation sites (tertiary alicyclic amines) is 1. The number of nitrogens with one attached hydrogen (secondary N) is 2. The first-order valence-electron chi connectivity index (χ1n) is 15.0. The SMILES string of the molecule is Cc1c(-c2cccc(-n3ccc4cc(C(C)(C)C#N)cc(F)c4c3=O)c2CO)n[nH]c(=O)c1Nc1ccc([C@@H]2CCN(C)C2)cn1. The highest BCUT2D eigenvalue weighted by Crippen LogP contribution is 2.33. The fraction of sp³-hybridized carbons (Fsp3) is 0.286. The lowest BCUT2D eigenvalue weighted by molar-refractivity contribution is 0.282. The number of likely N-dealkylation sites (N-methyl/N-ethyl adjacent to an activating group) is 1. The first kappa shape index (κ1) is 30.8. The summed E-state index contributed by atoms with van der Waals surface area (Å²) >= 11 is 0. The molecule has 1 aliphatic heterocycles. The number of H-pyrrole nitrogens is 1. The zero-order valence-corrected chi connectivity index (χ0v) is 26.1. The van der Waals surface area contributed by atoms with Gasteiger partial charge < -0.3 is 15.3 Å². The van der Waals surface area contributed by atoms with E-state index in [0.717, 1.165) is 25.1 Å². The molecular weight excluding hydrogens is 585 g/mol. The fourth-order valence-corrected chi connectivity index (χ4v) is 6.14. The number of hydrogen-bond donors (Lipinski definition) is 3. The molecule has 0 saturated carbocycles. The van der Waals surface area contributed by atoms with Gasteiger partial charge in [-0.3, -0.25) is 14.2 Å². The van der Waals surface area contributed by atoms with Crippen LogP contribution in [0.25, 0.3) is 27.7 Å². The number of aliphatic hydroxyl groups is 1. The van der Waals surface area contributed by atoms with E-state index in [1.165, 1.54) is 16.8 Å². The molecular formula is C35H34FN7O3. The van der Waals surface area contributed by atoms with E-state index in [-0.39, 0.29) is 11.1 Å². The number of anilines is 2. The number of nitrogens with zero attached hydrogens (tertiary/aromatic N) is 5. The Bertz CT molecular complexity index is 2130. The van der Waals surface area contributed by atoms with Crippen LogP contribution >= 0.6 is 0 Å². The standard InChI is InChI=1S/C35H34FN7O3/c1-20-31(40-41-33(45)32(20)39-29-9-8-22(16-38-29)23-10-12-42(4)17-23)25-6-5-7-28(26(25)18-44)43-13-11-21-14-24(35(2,3)19-37)15-27(36)30(21)34(43)46/h5-9,11,13-16,23,44H,10,12,17-18H2,1-4H3,(H,41,45)(H,38,39,40)/t23-/m1/s1. The van der Waals surface area contributed by atoms with Crippen LogP contribution in [0.2, 0.25) is 0 Å². The van der Waals surface area contributed by atoms with E-state index >= 15 is 4.39 Å². The summed E-state index contributed by atoms with van der Waals surface area (Å²) in [6.07, 6.45) is 4.43. The van der Waals surface area contributed by atoms with Gasteiger partial charge in [0.15, 0.2) is 0 Å². The van der Waals surface area contributed by atoms with Gasteiger partial charge in [-0.05, 0) is 93.5 Å². The van der Waals surface area contributed by atoms with Crippen LogP contribution in [-0.4, -0.2) is 49.9 Å². The third-order valence-electron chi connectivity index (χ3n) is 8.91. The molecule has 234 valence electrons. The molecule has 1 saturated heterocycles. The number of aliphatic hydroxyl groups excluding tert-OH is 1. The Hall–Kier alpha value is -5.18. The van der Waals surface area contributed by atoms with Gasteiger partial charge in [-0.1, -0.05) is 18.2 Å². The molecule has 1 atom stereocenters.